The Hall–Kier alpha value is -2.76. The van der Waals surface area contributed by atoms with Crippen molar-refractivity contribution in [1.29, 1.82) is 0 Å². The number of carbonyl (C=O) groups excluding carboxylic acids is 2. The van der Waals surface area contributed by atoms with E-state index in [4.69, 9.17) is 4.74 Å². The molecule has 0 spiro atoms. The highest BCUT2D eigenvalue weighted by molar-refractivity contribution is 8.00. The van der Waals surface area contributed by atoms with Gasteiger partial charge in [0.15, 0.2) is 11.6 Å². The molecule has 31 heavy (non-hydrogen) atoms. The van der Waals surface area contributed by atoms with Crippen LogP contribution in [0.3, 0.4) is 0 Å². The summed E-state index contributed by atoms with van der Waals surface area (Å²) in [7, 11) is 0. The molecule has 2 aromatic carbocycles. The summed E-state index contributed by atoms with van der Waals surface area (Å²) in [6, 6.07) is 11.3. The maximum absolute atomic E-state index is 12.1. The van der Waals surface area contributed by atoms with E-state index in [9.17, 15) is 29.8 Å². The van der Waals surface area contributed by atoms with E-state index >= 15 is 0 Å². The Kier molecular flexibility index (Phi) is 10.1. The van der Waals surface area contributed by atoms with E-state index in [0.29, 0.717) is 35.8 Å². The molecule has 0 saturated heterocycles. The molecule has 0 saturated carbocycles. The van der Waals surface area contributed by atoms with Crippen molar-refractivity contribution in [3.63, 3.8) is 0 Å². The van der Waals surface area contributed by atoms with Gasteiger partial charge in [-0.1, -0.05) is 24.3 Å². The van der Waals surface area contributed by atoms with Gasteiger partial charge < -0.3 is 4.74 Å². The summed E-state index contributed by atoms with van der Waals surface area (Å²) in [6.07, 6.45) is 0. The molecule has 0 atom stereocenters. The first kappa shape index (κ1) is 24.5. The lowest BCUT2D eigenvalue weighted by Crippen LogP contribution is -2.08. The van der Waals surface area contributed by atoms with Crippen LogP contribution in [0.2, 0.25) is 0 Å². The van der Waals surface area contributed by atoms with Crippen LogP contribution in [-0.4, -0.2) is 57.6 Å². The van der Waals surface area contributed by atoms with Crippen LogP contribution in [0.15, 0.2) is 48.5 Å². The topological polar surface area (TPSA) is 130 Å². The standard InChI is InChI=1S/C20H20N2O7S2/c23-19(15-3-1-5-17(11-15)21(25)26)13-30-9-7-29-8-10-31-14-20(24)16-4-2-6-18(12-16)22(27)28/h1-6,11-12H,7-10,13-14H2. The average Bonchev–Trinajstić information content (AvgIpc) is 2.77. The highest BCUT2D eigenvalue weighted by Crippen LogP contribution is 2.16. The van der Waals surface area contributed by atoms with E-state index < -0.39 is 9.85 Å². The molecule has 0 aromatic heterocycles. The minimum Gasteiger partial charge on any atom is -0.380 e. The molecule has 0 aliphatic rings. The number of thioether (sulfide) groups is 2. The quantitative estimate of drug-likeness (QED) is 0.176. The second-order valence-electron chi connectivity index (χ2n) is 6.18. The fraction of sp³-hybridized carbons (Fsp3) is 0.300. The smallest absolute Gasteiger partial charge is 0.270 e. The van der Waals surface area contributed by atoms with Crippen LogP contribution in [0.1, 0.15) is 20.7 Å². The number of benzene rings is 2. The normalized spacial score (nSPS) is 10.6. The molecule has 0 bridgehead atoms. The Morgan fingerprint density at radius 3 is 1.58 bits per heavy atom. The third-order valence-electron chi connectivity index (χ3n) is 3.97. The molecule has 0 aliphatic carbocycles. The number of rotatable bonds is 14. The molecule has 164 valence electrons. The predicted molar refractivity (Wildman–Crippen MR) is 120 cm³/mol. The number of ketones is 2. The van der Waals surface area contributed by atoms with Gasteiger partial charge in [0.2, 0.25) is 0 Å². The second-order valence-corrected chi connectivity index (χ2v) is 8.39. The lowest BCUT2D eigenvalue weighted by molar-refractivity contribution is -0.385. The first-order valence-corrected chi connectivity index (χ1v) is 11.5. The van der Waals surface area contributed by atoms with Crippen LogP contribution >= 0.6 is 23.5 Å². The lowest BCUT2D eigenvalue weighted by Gasteiger charge is -2.05. The minimum absolute atomic E-state index is 0.111. The van der Waals surface area contributed by atoms with Crippen molar-refractivity contribution in [2.24, 2.45) is 0 Å². The molecule has 0 N–H and O–H groups in total. The van der Waals surface area contributed by atoms with Gasteiger partial charge >= 0.3 is 0 Å². The van der Waals surface area contributed by atoms with E-state index in [0.717, 1.165) is 0 Å². The molecule has 0 amide bonds. The zero-order valence-corrected chi connectivity index (χ0v) is 18.1. The van der Waals surface area contributed by atoms with Crippen molar-refractivity contribution in [3.8, 4) is 0 Å². The van der Waals surface area contributed by atoms with E-state index in [2.05, 4.69) is 0 Å². The van der Waals surface area contributed by atoms with Gasteiger partial charge in [0.05, 0.1) is 34.6 Å². The SMILES string of the molecule is O=C(CSCCOCCSCC(=O)c1cccc([N+](=O)[O-])c1)c1cccc([N+](=O)[O-])c1. The Bertz CT molecular complexity index is 877. The van der Waals surface area contributed by atoms with Crippen molar-refractivity contribution < 1.29 is 24.2 Å². The first-order valence-electron chi connectivity index (χ1n) is 9.17. The number of non-ortho nitro benzene ring substituents is 2. The monoisotopic (exact) mass is 464 g/mol. The third-order valence-corrected chi connectivity index (χ3v) is 5.81. The van der Waals surface area contributed by atoms with Crippen LogP contribution in [0.5, 0.6) is 0 Å². The fourth-order valence-corrected chi connectivity index (χ4v) is 3.88. The van der Waals surface area contributed by atoms with Crippen LogP contribution in [0, 0.1) is 20.2 Å². The highest BCUT2D eigenvalue weighted by atomic mass is 32.2. The Labute approximate surface area is 186 Å². The van der Waals surface area contributed by atoms with Gasteiger partial charge in [-0.3, -0.25) is 29.8 Å². The number of nitrogens with zero attached hydrogens (tertiary/aromatic N) is 2. The first-order chi connectivity index (χ1) is 14.9. The molecule has 0 heterocycles. The maximum atomic E-state index is 12.1. The van der Waals surface area contributed by atoms with Crippen molar-refractivity contribution in [2.75, 3.05) is 36.2 Å². The molecular formula is C20H20N2O7S2. The van der Waals surface area contributed by atoms with E-state index in [1.165, 1.54) is 59.9 Å². The summed E-state index contributed by atoms with van der Waals surface area (Å²) in [6.45, 7) is 0.874. The molecule has 2 rings (SSSR count). The van der Waals surface area contributed by atoms with E-state index in [1.807, 2.05) is 0 Å². The van der Waals surface area contributed by atoms with Gasteiger partial charge in [-0.2, -0.15) is 23.5 Å². The molecular weight excluding hydrogens is 444 g/mol. The van der Waals surface area contributed by atoms with Crippen molar-refractivity contribution in [3.05, 3.63) is 79.9 Å². The number of hydrogen-bond acceptors (Lipinski definition) is 9. The molecule has 9 nitrogen and oxygen atoms in total. The van der Waals surface area contributed by atoms with Crippen LogP contribution in [-0.2, 0) is 4.74 Å². The summed E-state index contributed by atoms with van der Waals surface area (Å²) in [5.41, 5.74) is 0.404. The Morgan fingerprint density at radius 1 is 0.774 bits per heavy atom. The average molecular weight is 465 g/mol. The van der Waals surface area contributed by atoms with Crippen LogP contribution in [0.4, 0.5) is 11.4 Å². The van der Waals surface area contributed by atoms with Crippen LogP contribution < -0.4 is 0 Å². The molecule has 0 unspecified atom stereocenters. The zero-order valence-electron chi connectivity index (χ0n) is 16.4. The van der Waals surface area contributed by atoms with Gasteiger partial charge in [-0.25, -0.2) is 0 Å². The van der Waals surface area contributed by atoms with Crippen molar-refractivity contribution in [2.45, 2.75) is 0 Å². The molecule has 0 radical (unpaired) electrons. The number of nitro benzene ring substituents is 2. The largest absolute Gasteiger partial charge is 0.380 e. The minimum atomic E-state index is -0.535. The van der Waals surface area contributed by atoms with E-state index in [-0.39, 0.29) is 34.4 Å². The van der Waals surface area contributed by atoms with Crippen molar-refractivity contribution in [1.82, 2.24) is 0 Å². The lowest BCUT2D eigenvalue weighted by atomic mass is 10.1. The molecule has 0 aliphatic heterocycles. The number of nitro groups is 2. The summed E-state index contributed by atoms with van der Waals surface area (Å²) in [5, 5.41) is 21.5. The molecule has 2 aromatic rings. The highest BCUT2D eigenvalue weighted by Gasteiger charge is 2.12. The van der Waals surface area contributed by atoms with Gasteiger partial charge in [-0.05, 0) is 0 Å². The maximum Gasteiger partial charge on any atom is 0.270 e. The third kappa shape index (κ3) is 8.48. The van der Waals surface area contributed by atoms with Gasteiger partial charge in [-0.15, -0.1) is 0 Å². The molecule has 11 heteroatoms. The number of Topliss-reactive ketones (excluding diaryl/α,β-unsaturated/α-hetero) is 2. The van der Waals surface area contributed by atoms with Gasteiger partial charge in [0, 0.05) is 46.9 Å². The number of ether oxygens (including phenoxy) is 1. The van der Waals surface area contributed by atoms with Crippen LogP contribution in [0.25, 0.3) is 0 Å². The predicted octanol–water partition coefficient (Wildman–Crippen LogP) is 4.05. The Balaban J connectivity index is 1.56. The van der Waals surface area contributed by atoms with Crippen molar-refractivity contribution >= 4 is 46.5 Å². The summed E-state index contributed by atoms with van der Waals surface area (Å²) < 4.78 is 5.47. The summed E-state index contributed by atoms with van der Waals surface area (Å²) in [5.74, 6) is 1.25. The van der Waals surface area contributed by atoms with Gasteiger partial charge in [0.1, 0.15) is 0 Å². The number of carbonyl (C=O) groups is 2. The zero-order chi connectivity index (χ0) is 22.6. The Morgan fingerprint density at radius 2 is 1.19 bits per heavy atom. The summed E-state index contributed by atoms with van der Waals surface area (Å²) in [4.78, 5) is 44.6. The molecule has 0 fully saturated rings. The second kappa shape index (κ2) is 12.8. The van der Waals surface area contributed by atoms with E-state index in [1.54, 1.807) is 12.1 Å². The summed E-state index contributed by atoms with van der Waals surface area (Å²) >= 11 is 2.76. The number of hydrogen-bond donors (Lipinski definition) is 0. The fourth-order valence-electron chi connectivity index (χ4n) is 2.42. The van der Waals surface area contributed by atoms with Gasteiger partial charge in [0.25, 0.3) is 11.4 Å².